The van der Waals surface area contributed by atoms with Gasteiger partial charge in [0, 0.05) is 6.04 Å². The van der Waals surface area contributed by atoms with Crippen molar-refractivity contribution in [3.63, 3.8) is 0 Å². The highest BCUT2D eigenvalue weighted by Gasteiger charge is 2.12. The van der Waals surface area contributed by atoms with Gasteiger partial charge < -0.3 is 5.11 Å². The van der Waals surface area contributed by atoms with Crippen molar-refractivity contribution in [2.24, 2.45) is 0 Å². The molecule has 0 aliphatic carbocycles. The first-order chi connectivity index (χ1) is 8.19. The van der Waals surface area contributed by atoms with Crippen molar-refractivity contribution in [2.45, 2.75) is 32.9 Å². The summed E-state index contributed by atoms with van der Waals surface area (Å²) in [6, 6.07) is 0.126. The van der Waals surface area contributed by atoms with Crippen LogP contribution in [0.5, 0.6) is 0 Å². The highest BCUT2D eigenvalue weighted by atomic mass is 16.3. The number of aliphatic hydroxyl groups is 1. The number of hydrogen-bond acceptors (Lipinski definition) is 4. The van der Waals surface area contributed by atoms with Crippen LogP contribution < -0.4 is 5.56 Å². The van der Waals surface area contributed by atoms with Crippen molar-refractivity contribution < 1.29 is 5.11 Å². The summed E-state index contributed by atoms with van der Waals surface area (Å²) in [5, 5.41) is 13.4. The van der Waals surface area contributed by atoms with Crippen LogP contribution in [0.4, 0.5) is 0 Å². The Labute approximate surface area is 98.5 Å². The van der Waals surface area contributed by atoms with Gasteiger partial charge in [0.15, 0.2) is 5.65 Å². The van der Waals surface area contributed by atoms with E-state index in [1.807, 2.05) is 13.8 Å². The minimum Gasteiger partial charge on any atom is -0.394 e. The monoisotopic (exact) mass is 236 g/mol. The zero-order chi connectivity index (χ0) is 12.4. The second kappa shape index (κ2) is 4.67. The van der Waals surface area contributed by atoms with Gasteiger partial charge in [-0.15, -0.1) is 0 Å². The van der Waals surface area contributed by atoms with Crippen molar-refractivity contribution in [3.05, 3.63) is 22.9 Å². The maximum atomic E-state index is 12.2. The van der Waals surface area contributed by atoms with Crippen LogP contribution in [0.1, 0.15) is 26.3 Å². The molecule has 0 unspecified atom stereocenters. The molecule has 6 nitrogen and oxygen atoms in total. The Kier molecular flexibility index (Phi) is 3.23. The summed E-state index contributed by atoms with van der Waals surface area (Å²) in [5.41, 5.74) is 0.456. The van der Waals surface area contributed by atoms with E-state index >= 15 is 0 Å². The Balaban J connectivity index is 2.58. The summed E-state index contributed by atoms with van der Waals surface area (Å²) in [4.78, 5) is 16.4. The number of aromatic nitrogens is 4. The Morgan fingerprint density at radius 3 is 2.94 bits per heavy atom. The molecule has 92 valence electrons. The molecule has 0 aromatic carbocycles. The normalized spacial score (nSPS) is 13.1. The Bertz CT molecular complexity index is 572. The summed E-state index contributed by atoms with van der Waals surface area (Å²) in [7, 11) is 0. The molecule has 0 amide bonds. The first kappa shape index (κ1) is 11.8. The van der Waals surface area contributed by atoms with Gasteiger partial charge in [-0.05, 0) is 13.3 Å². The van der Waals surface area contributed by atoms with E-state index in [4.69, 9.17) is 5.11 Å². The third-order valence-electron chi connectivity index (χ3n) is 2.96. The van der Waals surface area contributed by atoms with Crippen LogP contribution in [0.25, 0.3) is 11.0 Å². The molecule has 6 heteroatoms. The maximum absolute atomic E-state index is 12.2. The second-order valence-electron chi connectivity index (χ2n) is 4.04. The molecule has 0 fully saturated rings. The highest BCUT2D eigenvalue weighted by molar-refractivity contribution is 5.72. The predicted molar refractivity (Wildman–Crippen MR) is 63.9 cm³/mol. The van der Waals surface area contributed by atoms with Crippen molar-refractivity contribution in [2.75, 3.05) is 6.61 Å². The zero-order valence-electron chi connectivity index (χ0n) is 10.00. The average molecular weight is 236 g/mol. The van der Waals surface area contributed by atoms with Crippen LogP contribution in [0.15, 0.2) is 17.3 Å². The molecule has 17 heavy (non-hydrogen) atoms. The van der Waals surface area contributed by atoms with Gasteiger partial charge in [-0.3, -0.25) is 9.36 Å². The van der Waals surface area contributed by atoms with Gasteiger partial charge in [-0.1, -0.05) is 6.92 Å². The lowest BCUT2D eigenvalue weighted by molar-refractivity contribution is 0.271. The van der Waals surface area contributed by atoms with Crippen LogP contribution in [0.2, 0.25) is 0 Å². The minimum absolute atomic E-state index is 0.0209. The molecular formula is C11H16N4O2. The summed E-state index contributed by atoms with van der Waals surface area (Å²) >= 11 is 0. The van der Waals surface area contributed by atoms with Gasteiger partial charge in [0.1, 0.15) is 11.7 Å². The number of aliphatic hydroxyl groups excluding tert-OH is 1. The van der Waals surface area contributed by atoms with Crippen molar-refractivity contribution in [1.82, 2.24) is 19.3 Å². The summed E-state index contributed by atoms with van der Waals surface area (Å²) in [5.74, 6) is 0. The zero-order valence-corrected chi connectivity index (χ0v) is 10.00. The molecule has 2 rings (SSSR count). The summed E-state index contributed by atoms with van der Waals surface area (Å²) in [6.45, 7) is 4.33. The summed E-state index contributed by atoms with van der Waals surface area (Å²) < 4.78 is 3.16. The van der Waals surface area contributed by atoms with E-state index < -0.39 is 0 Å². The first-order valence-electron chi connectivity index (χ1n) is 5.72. The lowest BCUT2D eigenvalue weighted by atomic mass is 10.2. The minimum atomic E-state index is -0.0754. The molecule has 0 saturated carbocycles. The lowest BCUT2D eigenvalue weighted by Gasteiger charge is -2.11. The highest BCUT2D eigenvalue weighted by Crippen LogP contribution is 2.10. The van der Waals surface area contributed by atoms with E-state index in [9.17, 15) is 4.79 Å². The third kappa shape index (κ3) is 1.95. The largest absolute Gasteiger partial charge is 0.394 e. The molecule has 0 radical (unpaired) electrons. The fraction of sp³-hybridized carbons (Fsp3) is 0.545. The fourth-order valence-corrected chi connectivity index (χ4v) is 1.74. The smallest absolute Gasteiger partial charge is 0.264 e. The first-order valence-corrected chi connectivity index (χ1v) is 5.72. The van der Waals surface area contributed by atoms with E-state index in [0.29, 0.717) is 17.6 Å². The van der Waals surface area contributed by atoms with Crippen LogP contribution in [-0.2, 0) is 6.54 Å². The molecule has 0 aliphatic heterocycles. The molecule has 2 aromatic rings. The van der Waals surface area contributed by atoms with Crippen molar-refractivity contribution in [1.29, 1.82) is 0 Å². The van der Waals surface area contributed by atoms with Crippen molar-refractivity contribution >= 4 is 11.0 Å². The van der Waals surface area contributed by atoms with E-state index in [2.05, 4.69) is 10.1 Å². The van der Waals surface area contributed by atoms with E-state index in [1.165, 1.54) is 10.9 Å². The Morgan fingerprint density at radius 2 is 2.29 bits per heavy atom. The van der Waals surface area contributed by atoms with Crippen LogP contribution >= 0.6 is 0 Å². The number of rotatable bonds is 4. The predicted octanol–water partition coefficient (Wildman–Crippen LogP) is 0.556. The second-order valence-corrected chi connectivity index (χ2v) is 4.04. The van der Waals surface area contributed by atoms with E-state index in [1.54, 1.807) is 10.9 Å². The molecule has 0 aliphatic rings. The summed E-state index contributed by atoms with van der Waals surface area (Å²) in [6.07, 6.45) is 3.94. The lowest BCUT2D eigenvalue weighted by Crippen LogP contribution is -2.23. The van der Waals surface area contributed by atoms with Gasteiger partial charge in [0.25, 0.3) is 5.56 Å². The Hall–Kier alpha value is -1.69. The average Bonchev–Trinajstić information content (AvgIpc) is 2.74. The topological polar surface area (TPSA) is 72.9 Å². The van der Waals surface area contributed by atoms with Crippen LogP contribution in [0, 0.1) is 0 Å². The molecule has 0 spiro atoms. The van der Waals surface area contributed by atoms with Gasteiger partial charge >= 0.3 is 0 Å². The van der Waals surface area contributed by atoms with E-state index in [-0.39, 0.29) is 18.2 Å². The standard InChI is InChI=1S/C11H16N4O2/c1-3-8(2)14-7-12-10-9(11(14)17)6-13-15(10)4-5-16/h6-8,16H,3-5H2,1-2H3/t8-/m1/s1. The Morgan fingerprint density at radius 1 is 1.53 bits per heavy atom. The molecular weight excluding hydrogens is 220 g/mol. The van der Waals surface area contributed by atoms with Gasteiger partial charge in [-0.25, -0.2) is 9.67 Å². The van der Waals surface area contributed by atoms with Gasteiger partial charge in [-0.2, -0.15) is 5.10 Å². The van der Waals surface area contributed by atoms with Crippen molar-refractivity contribution in [3.8, 4) is 0 Å². The van der Waals surface area contributed by atoms with E-state index in [0.717, 1.165) is 6.42 Å². The van der Waals surface area contributed by atoms with Crippen LogP contribution in [0.3, 0.4) is 0 Å². The number of nitrogens with zero attached hydrogens (tertiary/aromatic N) is 4. The quantitative estimate of drug-likeness (QED) is 0.841. The molecule has 0 bridgehead atoms. The SMILES string of the molecule is CC[C@@H](C)n1cnc2c(cnn2CCO)c1=O. The van der Waals surface area contributed by atoms with Crippen LogP contribution in [-0.4, -0.2) is 31.0 Å². The van der Waals surface area contributed by atoms with Gasteiger partial charge in [0.2, 0.25) is 0 Å². The molecule has 1 N–H and O–H groups in total. The number of hydrogen-bond donors (Lipinski definition) is 1. The molecule has 2 aromatic heterocycles. The van der Waals surface area contributed by atoms with Gasteiger partial charge in [0.05, 0.1) is 19.3 Å². The number of fused-ring (bicyclic) bond motifs is 1. The molecule has 0 saturated heterocycles. The molecule has 2 heterocycles. The third-order valence-corrected chi connectivity index (χ3v) is 2.96. The molecule has 1 atom stereocenters. The maximum Gasteiger partial charge on any atom is 0.264 e. The fourth-order valence-electron chi connectivity index (χ4n) is 1.74.